The topological polar surface area (TPSA) is 73.4 Å². The van der Waals surface area contributed by atoms with Crippen LogP contribution < -0.4 is 9.80 Å². The van der Waals surface area contributed by atoms with Gasteiger partial charge in [-0.3, -0.25) is 10.1 Å². The maximum Gasteiger partial charge on any atom is 0.293 e. The van der Waals surface area contributed by atoms with Crippen molar-refractivity contribution in [2.24, 2.45) is 0 Å². The lowest BCUT2D eigenvalue weighted by atomic mass is 10.1. The second kappa shape index (κ2) is 7.07. The van der Waals surface area contributed by atoms with Crippen molar-refractivity contribution in [1.82, 2.24) is 0 Å². The molecule has 0 unspecified atom stereocenters. The minimum absolute atomic E-state index is 0.0329. The zero-order chi connectivity index (χ0) is 18.0. The fraction of sp³-hybridized carbons (Fsp3) is 0.235. The summed E-state index contributed by atoms with van der Waals surface area (Å²) in [7, 11) is 0. The first-order valence-corrected chi connectivity index (χ1v) is 8.43. The molecule has 0 amide bonds. The van der Waals surface area contributed by atoms with Crippen molar-refractivity contribution in [3.8, 4) is 6.07 Å². The van der Waals surface area contributed by atoms with Crippen LogP contribution in [0.4, 0.5) is 21.5 Å². The van der Waals surface area contributed by atoms with Crippen LogP contribution in [0.15, 0.2) is 40.9 Å². The van der Waals surface area contributed by atoms with Crippen molar-refractivity contribution in [2.75, 3.05) is 36.0 Å². The maximum absolute atomic E-state index is 13.8. The number of nitrogens with zero attached hydrogens (tertiary/aromatic N) is 4. The molecular formula is C17H14BrFN4O2. The summed E-state index contributed by atoms with van der Waals surface area (Å²) in [5, 5.41) is 20.5. The van der Waals surface area contributed by atoms with E-state index in [1.807, 2.05) is 15.9 Å². The van der Waals surface area contributed by atoms with E-state index in [0.717, 1.165) is 0 Å². The lowest BCUT2D eigenvalue weighted by Crippen LogP contribution is -2.47. The second-order valence-electron chi connectivity index (χ2n) is 5.61. The average Bonchev–Trinajstić information content (AvgIpc) is 2.61. The van der Waals surface area contributed by atoms with E-state index in [-0.39, 0.29) is 11.3 Å². The van der Waals surface area contributed by atoms with Crippen molar-refractivity contribution in [1.29, 1.82) is 5.26 Å². The van der Waals surface area contributed by atoms with Gasteiger partial charge in [0.05, 0.1) is 10.6 Å². The summed E-state index contributed by atoms with van der Waals surface area (Å²) in [6.07, 6.45) is 0. The molecule has 0 spiro atoms. The number of nitriles is 1. The smallest absolute Gasteiger partial charge is 0.293 e. The van der Waals surface area contributed by atoms with Crippen LogP contribution in [0.5, 0.6) is 0 Å². The summed E-state index contributed by atoms with van der Waals surface area (Å²) in [6.45, 7) is 2.18. The molecule has 0 N–H and O–H groups in total. The molecule has 1 aliphatic heterocycles. The summed E-state index contributed by atoms with van der Waals surface area (Å²) >= 11 is 3.25. The summed E-state index contributed by atoms with van der Waals surface area (Å²) in [5.74, 6) is -0.536. The molecule has 25 heavy (non-hydrogen) atoms. The molecule has 1 aliphatic rings. The molecule has 6 nitrogen and oxygen atoms in total. The molecule has 2 aromatic carbocycles. The minimum atomic E-state index is -0.536. The van der Waals surface area contributed by atoms with Gasteiger partial charge < -0.3 is 9.80 Å². The first kappa shape index (κ1) is 17.2. The zero-order valence-electron chi connectivity index (χ0n) is 13.2. The van der Waals surface area contributed by atoms with Crippen LogP contribution in [0.25, 0.3) is 0 Å². The van der Waals surface area contributed by atoms with Crippen molar-refractivity contribution < 1.29 is 9.31 Å². The Morgan fingerprint density at radius 2 is 1.76 bits per heavy atom. The van der Waals surface area contributed by atoms with Gasteiger partial charge in [-0.15, -0.1) is 0 Å². The highest BCUT2D eigenvalue weighted by atomic mass is 79.9. The van der Waals surface area contributed by atoms with E-state index in [9.17, 15) is 19.8 Å². The van der Waals surface area contributed by atoms with Gasteiger partial charge in [0.2, 0.25) is 0 Å². The largest absolute Gasteiger partial charge is 0.367 e. The first-order chi connectivity index (χ1) is 12.0. The number of piperazine rings is 1. The number of rotatable bonds is 3. The van der Waals surface area contributed by atoms with Crippen LogP contribution in [-0.2, 0) is 0 Å². The number of hydrogen-bond donors (Lipinski definition) is 0. The molecule has 1 fully saturated rings. The number of benzene rings is 2. The number of halogens is 2. The lowest BCUT2D eigenvalue weighted by Gasteiger charge is -2.37. The quantitative estimate of drug-likeness (QED) is 0.575. The Hall–Kier alpha value is -2.66. The van der Waals surface area contributed by atoms with Gasteiger partial charge in [0, 0.05) is 36.7 Å². The number of nitro benzene ring substituents is 1. The fourth-order valence-corrected chi connectivity index (χ4v) is 3.33. The molecular weight excluding hydrogens is 391 g/mol. The van der Waals surface area contributed by atoms with E-state index in [1.165, 1.54) is 12.1 Å². The summed E-state index contributed by atoms with van der Waals surface area (Å²) in [4.78, 5) is 14.8. The Morgan fingerprint density at radius 3 is 2.36 bits per heavy atom. The van der Waals surface area contributed by atoms with E-state index in [2.05, 4.69) is 15.9 Å². The van der Waals surface area contributed by atoms with Crippen LogP contribution in [0, 0.1) is 27.3 Å². The van der Waals surface area contributed by atoms with Gasteiger partial charge in [-0.1, -0.05) is 22.0 Å². The predicted octanol–water partition coefficient (Wildman–Crippen LogP) is 3.69. The van der Waals surface area contributed by atoms with Crippen molar-refractivity contribution in [3.05, 3.63) is 62.4 Å². The van der Waals surface area contributed by atoms with Gasteiger partial charge in [0.15, 0.2) is 0 Å². The molecule has 128 valence electrons. The SMILES string of the molecule is N#Cc1c(F)cccc1N1CCN(c2ccc(Br)cc2[N+](=O)[O-])CC1. The predicted molar refractivity (Wildman–Crippen MR) is 96.3 cm³/mol. The van der Waals surface area contributed by atoms with Crippen LogP contribution in [0.1, 0.15) is 5.56 Å². The van der Waals surface area contributed by atoms with Gasteiger partial charge in [-0.2, -0.15) is 5.26 Å². The standard InChI is InChI=1S/C17H14BrFN4O2/c18-12-4-5-16(17(10-12)23(24)25)22-8-6-21(7-9-22)15-3-1-2-14(19)13(15)11-20/h1-5,10H,6-9H2. The Balaban J connectivity index is 1.81. The van der Waals surface area contributed by atoms with Gasteiger partial charge >= 0.3 is 0 Å². The highest BCUT2D eigenvalue weighted by Gasteiger charge is 2.25. The van der Waals surface area contributed by atoms with Gasteiger partial charge in [-0.05, 0) is 24.3 Å². The fourth-order valence-electron chi connectivity index (χ4n) is 2.99. The molecule has 0 saturated carbocycles. The third kappa shape index (κ3) is 3.42. The Bertz CT molecular complexity index is 860. The Morgan fingerprint density at radius 1 is 1.12 bits per heavy atom. The summed E-state index contributed by atoms with van der Waals surface area (Å²) in [6, 6.07) is 11.5. The third-order valence-electron chi connectivity index (χ3n) is 4.20. The molecule has 1 heterocycles. The van der Waals surface area contributed by atoms with Gasteiger partial charge in [0.25, 0.3) is 5.69 Å². The van der Waals surface area contributed by atoms with Crippen molar-refractivity contribution in [2.45, 2.75) is 0 Å². The maximum atomic E-state index is 13.8. The zero-order valence-corrected chi connectivity index (χ0v) is 14.7. The molecule has 8 heteroatoms. The molecule has 0 radical (unpaired) electrons. The van der Waals surface area contributed by atoms with Crippen molar-refractivity contribution in [3.63, 3.8) is 0 Å². The summed E-state index contributed by atoms with van der Waals surface area (Å²) in [5.41, 5.74) is 1.21. The second-order valence-corrected chi connectivity index (χ2v) is 6.53. The third-order valence-corrected chi connectivity index (χ3v) is 4.69. The number of hydrogen-bond acceptors (Lipinski definition) is 5. The van der Waals surface area contributed by atoms with E-state index < -0.39 is 10.7 Å². The molecule has 0 aliphatic carbocycles. The average molecular weight is 405 g/mol. The highest BCUT2D eigenvalue weighted by molar-refractivity contribution is 9.10. The summed E-state index contributed by atoms with van der Waals surface area (Å²) < 4.78 is 14.4. The molecule has 2 aromatic rings. The normalized spacial score (nSPS) is 14.3. The molecule has 1 saturated heterocycles. The van der Waals surface area contributed by atoms with Crippen molar-refractivity contribution >= 4 is 33.0 Å². The lowest BCUT2D eigenvalue weighted by molar-refractivity contribution is -0.384. The first-order valence-electron chi connectivity index (χ1n) is 7.63. The molecule has 0 bridgehead atoms. The molecule has 0 aromatic heterocycles. The molecule has 3 rings (SSSR count). The van der Waals surface area contributed by atoms with Gasteiger partial charge in [0.1, 0.15) is 23.1 Å². The van der Waals surface area contributed by atoms with E-state index in [0.29, 0.717) is 42.0 Å². The monoisotopic (exact) mass is 404 g/mol. The highest BCUT2D eigenvalue weighted by Crippen LogP contribution is 2.32. The van der Waals surface area contributed by atoms with Gasteiger partial charge in [-0.25, -0.2) is 4.39 Å². The Labute approximate surface area is 152 Å². The Kier molecular flexibility index (Phi) is 4.86. The number of anilines is 2. The van der Waals surface area contributed by atoms with Crippen LogP contribution in [0.3, 0.4) is 0 Å². The molecule has 0 atom stereocenters. The van der Waals surface area contributed by atoms with Crippen LogP contribution in [0.2, 0.25) is 0 Å². The van der Waals surface area contributed by atoms with E-state index in [4.69, 9.17) is 0 Å². The van der Waals surface area contributed by atoms with E-state index in [1.54, 1.807) is 24.3 Å². The number of nitro groups is 1. The van der Waals surface area contributed by atoms with Crippen LogP contribution >= 0.6 is 15.9 Å². The van der Waals surface area contributed by atoms with E-state index >= 15 is 0 Å². The minimum Gasteiger partial charge on any atom is -0.367 e. The van der Waals surface area contributed by atoms with Crippen LogP contribution in [-0.4, -0.2) is 31.1 Å².